The maximum absolute atomic E-state index is 12.3. The molecule has 0 fully saturated rings. The first-order chi connectivity index (χ1) is 9.15. The fourth-order valence-electron chi connectivity index (χ4n) is 1.75. The molecule has 19 heavy (non-hydrogen) atoms. The largest absolute Gasteiger partial charge is 0.507 e. The van der Waals surface area contributed by atoms with Gasteiger partial charge in [0.25, 0.3) is 0 Å². The maximum atomic E-state index is 12.3. The minimum Gasteiger partial charge on any atom is -0.507 e. The summed E-state index contributed by atoms with van der Waals surface area (Å²) in [6, 6.07) is 11.4. The van der Waals surface area contributed by atoms with Crippen LogP contribution in [0.25, 0.3) is 0 Å². The smallest absolute Gasteiger partial charge is 0.196 e. The van der Waals surface area contributed by atoms with Crippen molar-refractivity contribution in [1.82, 2.24) is 0 Å². The average molecular weight is 258 g/mol. The molecule has 0 saturated carbocycles. The quantitative estimate of drug-likeness (QED) is 0.856. The van der Waals surface area contributed by atoms with Gasteiger partial charge >= 0.3 is 0 Å². The summed E-state index contributed by atoms with van der Waals surface area (Å²) < 4.78 is 10.1. The van der Waals surface area contributed by atoms with Crippen LogP contribution in [0, 0.1) is 0 Å². The summed E-state index contributed by atoms with van der Waals surface area (Å²) in [6.07, 6.45) is 0. The average Bonchev–Trinajstić information content (AvgIpc) is 2.46. The van der Waals surface area contributed by atoms with Gasteiger partial charge in [-0.3, -0.25) is 4.79 Å². The van der Waals surface area contributed by atoms with Gasteiger partial charge in [-0.1, -0.05) is 12.1 Å². The van der Waals surface area contributed by atoms with Gasteiger partial charge in [-0.25, -0.2) is 0 Å². The van der Waals surface area contributed by atoms with Crippen molar-refractivity contribution in [3.05, 3.63) is 53.6 Å². The molecule has 0 aliphatic heterocycles. The molecule has 1 N–H and O–H groups in total. The number of benzene rings is 2. The lowest BCUT2D eigenvalue weighted by Gasteiger charge is -2.07. The molecule has 2 aromatic rings. The Bertz CT molecular complexity index is 605. The fourth-order valence-corrected chi connectivity index (χ4v) is 1.75. The summed E-state index contributed by atoms with van der Waals surface area (Å²) in [5, 5.41) is 9.85. The van der Waals surface area contributed by atoms with E-state index < -0.39 is 0 Å². The van der Waals surface area contributed by atoms with Crippen LogP contribution in [0.3, 0.4) is 0 Å². The predicted molar refractivity (Wildman–Crippen MR) is 71.1 cm³/mol. The zero-order valence-electron chi connectivity index (χ0n) is 10.7. The molecule has 4 nitrogen and oxygen atoms in total. The monoisotopic (exact) mass is 258 g/mol. The van der Waals surface area contributed by atoms with E-state index in [1.54, 1.807) is 30.3 Å². The summed E-state index contributed by atoms with van der Waals surface area (Å²) in [7, 11) is 3.03. The third-order valence-electron chi connectivity index (χ3n) is 2.78. The Morgan fingerprint density at radius 1 is 1.00 bits per heavy atom. The highest BCUT2D eigenvalue weighted by Gasteiger charge is 2.14. The lowest BCUT2D eigenvalue weighted by atomic mass is 10.0. The Morgan fingerprint density at radius 2 is 1.68 bits per heavy atom. The topological polar surface area (TPSA) is 55.8 Å². The van der Waals surface area contributed by atoms with Crippen molar-refractivity contribution in [2.75, 3.05) is 14.2 Å². The highest BCUT2D eigenvalue weighted by Crippen LogP contribution is 2.26. The van der Waals surface area contributed by atoms with Crippen molar-refractivity contribution in [3.8, 4) is 17.2 Å². The Kier molecular flexibility index (Phi) is 3.71. The number of methoxy groups -OCH3 is 2. The van der Waals surface area contributed by atoms with Gasteiger partial charge in [-0.2, -0.15) is 0 Å². The van der Waals surface area contributed by atoms with Gasteiger partial charge in [0.2, 0.25) is 0 Å². The highest BCUT2D eigenvalue weighted by molar-refractivity contribution is 6.10. The van der Waals surface area contributed by atoms with Crippen molar-refractivity contribution in [2.24, 2.45) is 0 Å². The van der Waals surface area contributed by atoms with E-state index in [4.69, 9.17) is 9.47 Å². The Hall–Kier alpha value is -2.49. The number of hydrogen-bond donors (Lipinski definition) is 1. The van der Waals surface area contributed by atoms with Crippen LogP contribution in [0.5, 0.6) is 17.2 Å². The number of ether oxygens (including phenoxy) is 2. The molecule has 0 atom stereocenters. The number of hydrogen-bond acceptors (Lipinski definition) is 4. The standard InChI is InChI=1S/C15H14O4/c1-18-11-5-3-4-10(8-11)15(17)13-7-6-12(19-2)9-14(13)16/h3-9,16H,1-2H3. The van der Waals surface area contributed by atoms with E-state index in [2.05, 4.69) is 0 Å². The minimum absolute atomic E-state index is 0.104. The van der Waals surface area contributed by atoms with Gasteiger partial charge in [0, 0.05) is 11.6 Å². The number of carbonyl (C=O) groups excluding carboxylic acids is 1. The third kappa shape index (κ3) is 2.68. The van der Waals surface area contributed by atoms with Crippen molar-refractivity contribution in [2.45, 2.75) is 0 Å². The van der Waals surface area contributed by atoms with Crippen molar-refractivity contribution in [1.29, 1.82) is 0 Å². The Morgan fingerprint density at radius 3 is 2.32 bits per heavy atom. The summed E-state index contributed by atoms with van der Waals surface area (Å²) in [4.78, 5) is 12.3. The molecule has 0 heterocycles. The van der Waals surface area contributed by atoms with Gasteiger partial charge in [0.1, 0.15) is 17.2 Å². The van der Waals surface area contributed by atoms with Crippen LogP contribution in [0.15, 0.2) is 42.5 Å². The molecule has 0 aliphatic carbocycles. The lowest BCUT2D eigenvalue weighted by Crippen LogP contribution is -2.02. The SMILES string of the molecule is COc1cccc(C(=O)c2ccc(OC)cc2O)c1. The molecule has 0 saturated heterocycles. The second-order valence-corrected chi connectivity index (χ2v) is 3.94. The molecule has 0 spiro atoms. The predicted octanol–water partition coefficient (Wildman–Crippen LogP) is 2.64. The second kappa shape index (κ2) is 5.44. The summed E-state index contributed by atoms with van der Waals surface area (Å²) >= 11 is 0. The normalized spacial score (nSPS) is 10.0. The molecule has 4 heteroatoms. The first kappa shape index (κ1) is 13.0. The molecule has 98 valence electrons. The number of rotatable bonds is 4. The summed E-state index contributed by atoms with van der Waals surface area (Å²) in [6.45, 7) is 0. The number of aromatic hydroxyl groups is 1. The number of phenols is 1. The van der Waals surface area contributed by atoms with Crippen LogP contribution in [0.2, 0.25) is 0 Å². The molecular formula is C15H14O4. The number of carbonyl (C=O) groups is 1. The van der Waals surface area contributed by atoms with Crippen LogP contribution >= 0.6 is 0 Å². The first-order valence-corrected chi connectivity index (χ1v) is 5.71. The maximum Gasteiger partial charge on any atom is 0.196 e. The number of phenolic OH excluding ortho intramolecular Hbond substituents is 1. The van der Waals surface area contributed by atoms with Crippen LogP contribution in [0.4, 0.5) is 0 Å². The summed E-state index contributed by atoms with van der Waals surface area (Å²) in [5.74, 6) is 0.727. The molecule has 2 aromatic carbocycles. The van der Waals surface area contributed by atoms with E-state index >= 15 is 0 Å². The Labute approximate surface area is 111 Å². The van der Waals surface area contributed by atoms with Gasteiger partial charge < -0.3 is 14.6 Å². The molecule has 0 radical (unpaired) electrons. The van der Waals surface area contributed by atoms with Crippen LogP contribution < -0.4 is 9.47 Å². The fraction of sp³-hybridized carbons (Fsp3) is 0.133. The van der Waals surface area contributed by atoms with E-state index in [1.165, 1.54) is 26.4 Å². The molecule has 0 amide bonds. The van der Waals surface area contributed by atoms with Crippen molar-refractivity contribution < 1.29 is 19.4 Å². The lowest BCUT2D eigenvalue weighted by molar-refractivity contribution is 0.103. The van der Waals surface area contributed by atoms with E-state index in [0.29, 0.717) is 17.1 Å². The van der Waals surface area contributed by atoms with Gasteiger partial charge in [-0.05, 0) is 24.3 Å². The zero-order chi connectivity index (χ0) is 13.8. The van der Waals surface area contributed by atoms with Crippen molar-refractivity contribution >= 4 is 5.78 Å². The third-order valence-corrected chi connectivity index (χ3v) is 2.78. The van der Waals surface area contributed by atoms with E-state index in [0.717, 1.165) is 0 Å². The van der Waals surface area contributed by atoms with Crippen LogP contribution in [-0.4, -0.2) is 25.1 Å². The van der Waals surface area contributed by atoms with E-state index in [1.807, 2.05) is 0 Å². The Balaban J connectivity index is 2.38. The number of ketones is 1. The van der Waals surface area contributed by atoms with Gasteiger partial charge in [-0.15, -0.1) is 0 Å². The molecule has 0 aliphatic rings. The minimum atomic E-state index is -0.265. The van der Waals surface area contributed by atoms with Crippen molar-refractivity contribution in [3.63, 3.8) is 0 Å². The zero-order valence-corrected chi connectivity index (χ0v) is 10.7. The second-order valence-electron chi connectivity index (χ2n) is 3.94. The molecule has 0 unspecified atom stereocenters. The first-order valence-electron chi connectivity index (χ1n) is 5.71. The van der Waals surface area contributed by atoms with Crippen LogP contribution in [0.1, 0.15) is 15.9 Å². The van der Waals surface area contributed by atoms with Gasteiger partial charge in [0.15, 0.2) is 5.78 Å². The summed E-state index contributed by atoms with van der Waals surface area (Å²) in [5.41, 5.74) is 0.689. The van der Waals surface area contributed by atoms with E-state index in [-0.39, 0.29) is 17.1 Å². The molecular weight excluding hydrogens is 244 g/mol. The van der Waals surface area contributed by atoms with E-state index in [9.17, 15) is 9.90 Å². The van der Waals surface area contributed by atoms with Gasteiger partial charge in [0.05, 0.1) is 19.8 Å². The molecule has 2 rings (SSSR count). The molecule has 0 bridgehead atoms. The molecule has 0 aromatic heterocycles. The van der Waals surface area contributed by atoms with Crippen LogP contribution in [-0.2, 0) is 0 Å². The highest BCUT2D eigenvalue weighted by atomic mass is 16.5.